The summed E-state index contributed by atoms with van der Waals surface area (Å²) in [5.41, 5.74) is 2.88. The molecule has 0 aliphatic heterocycles. The summed E-state index contributed by atoms with van der Waals surface area (Å²) in [6.07, 6.45) is 2.15. The minimum absolute atomic E-state index is 0.0555. The number of thioether (sulfide) groups is 1. The zero-order valence-corrected chi connectivity index (χ0v) is 18.0. The maximum absolute atomic E-state index is 12.8. The Labute approximate surface area is 170 Å². The molecule has 1 heterocycles. The van der Waals surface area contributed by atoms with E-state index in [4.69, 9.17) is 0 Å². The summed E-state index contributed by atoms with van der Waals surface area (Å²) in [5.74, 6) is -0.320. The molecule has 1 aromatic carbocycles. The Morgan fingerprint density at radius 1 is 1.29 bits per heavy atom. The maximum atomic E-state index is 12.8. The number of amides is 1. The largest absolute Gasteiger partial charge is 0.493 e. The van der Waals surface area contributed by atoms with Crippen LogP contribution in [0.5, 0.6) is 5.88 Å². The molecule has 0 aliphatic carbocycles. The second-order valence-corrected chi connectivity index (χ2v) is 7.91. The number of benzene rings is 1. The fourth-order valence-electron chi connectivity index (χ4n) is 3.20. The molecule has 0 bridgehead atoms. The molecule has 7 heteroatoms. The van der Waals surface area contributed by atoms with E-state index in [0.29, 0.717) is 17.1 Å². The predicted molar refractivity (Wildman–Crippen MR) is 114 cm³/mol. The Bertz CT molecular complexity index is 888. The van der Waals surface area contributed by atoms with Crippen LogP contribution >= 0.6 is 11.8 Å². The molecule has 1 atom stereocenters. The van der Waals surface area contributed by atoms with Gasteiger partial charge >= 0.3 is 0 Å². The molecule has 152 valence electrons. The number of rotatable bonds is 8. The highest BCUT2D eigenvalue weighted by Gasteiger charge is 2.20. The van der Waals surface area contributed by atoms with E-state index in [-0.39, 0.29) is 29.1 Å². The molecular weight excluding hydrogens is 374 g/mol. The smallest absolute Gasteiger partial charge is 0.261 e. The van der Waals surface area contributed by atoms with E-state index in [1.54, 1.807) is 4.57 Å². The second kappa shape index (κ2) is 9.78. The number of aromatic hydroxyl groups is 1. The van der Waals surface area contributed by atoms with Crippen LogP contribution in [-0.2, 0) is 11.2 Å². The highest BCUT2D eigenvalue weighted by Crippen LogP contribution is 2.25. The molecule has 0 saturated heterocycles. The number of hydrogen-bond acceptors (Lipinski definition) is 5. The van der Waals surface area contributed by atoms with E-state index < -0.39 is 0 Å². The second-order valence-electron chi connectivity index (χ2n) is 6.97. The third kappa shape index (κ3) is 4.95. The van der Waals surface area contributed by atoms with Crippen LogP contribution in [0.4, 0.5) is 5.69 Å². The van der Waals surface area contributed by atoms with Crippen LogP contribution in [0.25, 0.3) is 0 Å². The average Bonchev–Trinajstić information content (AvgIpc) is 2.63. The first kappa shape index (κ1) is 22.0. The molecule has 1 amide bonds. The van der Waals surface area contributed by atoms with Gasteiger partial charge in [0.2, 0.25) is 11.8 Å². The number of nitrogens with zero attached hydrogens (tertiary/aromatic N) is 2. The lowest BCUT2D eigenvalue weighted by molar-refractivity contribution is -0.113. The van der Waals surface area contributed by atoms with Gasteiger partial charge in [-0.15, -0.1) is 0 Å². The van der Waals surface area contributed by atoms with Crippen molar-refractivity contribution < 1.29 is 9.90 Å². The molecule has 6 nitrogen and oxygen atoms in total. The summed E-state index contributed by atoms with van der Waals surface area (Å²) in [6.45, 7) is 9.73. The van der Waals surface area contributed by atoms with E-state index in [1.807, 2.05) is 45.9 Å². The Hall–Kier alpha value is -2.28. The minimum Gasteiger partial charge on any atom is -0.493 e. The lowest BCUT2D eigenvalue weighted by atomic mass is 10.1. The lowest BCUT2D eigenvalue weighted by Gasteiger charge is -2.19. The van der Waals surface area contributed by atoms with Crippen LogP contribution in [0.15, 0.2) is 28.2 Å². The van der Waals surface area contributed by atoms with Crippen molar-refractivity contribution in [2.75, 3.05) is 11.1 Å². The fraction of sp³-hybridized carbons (Fsp3) is 0.476. The van der Waals surface area contributed by atoms with Gasteiger partial charge in [-0.05, 0) is 44.7 Å². The third-order valence-electron chi connectivity index (χ3n) is 4.73. The van der Waals surface area contributed by atoms with Crippen molar-refractivity contribution >= 4 is 23.4 Å². The van der Waals surface area contributed by atoms with Gasteiger partial charge in [-0.3, -0.25) is 14.2 Å². The first-order valence-electron chi connectivity index (χ1n) is 9.63. The van der Waals surface area contributed by atoms with Gasteiger partial charge in [0.25, 0.3) is 5.56 Å². The van der Waals surface area contributed by atoms with Gasteiger partial charge in [0.15, 0.2) is 5.16 Å². The van der Waals surface area contributed by atoms with Crippen LogP contribution in [-0.4, -0.2) is 26.3 Å². The van der Waals surface area contributed by atoms with E-state index in [9.17, 15) is 14.7 Å². The van der Waals surface area contributed by atoms with Crippen molar-refractivity contribution in [2.45, 2.75) is 65.1 Å². The fourth-order valence-corrected chi connectivity index (χ4v) is 4.09. The number of carbonyl (C=O) groups is 1. The number of aryl methyl sites for hydroxylation is 2. The summed E-state index contributed by atoms with van der Waals surface area (Å²) in [7, 11) is 0. The first-order chi connectivity index (χ1) is 13.3. The van der Waals surface area contributed by atoms with Crippen LogP contribution in [0.1, 0.15) is 56.3 Å². The molecular formula is C21H29N3O3S. The zero-order valence-electron chi connectivity index (χ0n) is 17.2. The minimum atomic E-state index is -0.245. The van der Waals surface area contributed by atoms with Gasteiger partial charge in [-0.1, -0.05) is 50.2 Å². The quantitative estimate of drug-likeness (QED) is 0.509. The highest BCUT2D eigenvalue weighted by atomic mass is 32.2. The van der Waals surface area contributed by atoms with Gasteiger partial charge in [-0.25, -0.2) is 0 Å². The van der Waals surface area contributed by atoms with Crippen molar-refractivity contribution in [1.29, 1.82) is 0 Å². The molecule has 1 aromatic heterocycles. The van der Waals surface area contributed by atoms with E-state index >= 15 is 0 Å². The lowest BCUT2D eigenvalue weighted by Crippen LogP contribution is -2.29. The Balaban J connectivity index is 2.25. The van der Waals surface area contributed by atoms with Crippen LogP contribution in [0, 0.1) is 13.8 Å². The number of carbonyl (C=O) groups excluding carboxylic acids is 1. The standard InChI is InChI=1S/C21H29N3O3S/c1-6-9-15(5)24-20(27)16(7-2)19(26)23-21(24)28-12-17(25)22-18-13(3)10-8-11-14(18)4/h8,10-11,15,26H,6-7,9,12H2,1-5H3,(H,22,25)/t15-/m1/s1. The summed E-state index contributed by atoms with van der Waals surface area (Å²) < 4.78 is 1.61. The number of hydrogen-bond donors (Lipinski definition) is 2. The molecule has 0 spiro atoms. The van der Waals surface area contributed by atoms with Crippen molar-refractivity contribution in [3.63, 3.8) is 0 Å². The van der Waals surface area contributed by atoms with Crippen molar-refractivity contribution in [3.05, 3.63) is 45.2 Å². The Kier molecular flexibility index (Phi) is 7.69. The molecule has 0 saturated carbocycles. The monoisotopic (exact) mass is 403 g/mol. The number of aromatic nitrogens is 2. The van der Waals surface area contributed by atoms with Gasteiger partial charge in [0.05, 0.1) is 11.3 Å². The van der Waals surface area contributed by atoms with Gasteiger partial charge in [0.1, 0.15) is 0 Å². The number of nitrogens with one attached hydrogen (secondary N) is 1. The van der Waals surface area contributed by atoms with Crippen molar-refractivity contribution in [2.24, 2.45) is 0 Å². The SMILES string of the molecule is CCC[C@@H](C)n1c(SCC(=O)Nc2c(C)cccc2C)nc(O)c(CC)c1=O. The molecule has 0 fully saturated rings. The topological polar surface area (TPSA) is 84.2 Å². The van der Waals surface area contributed by atoms with Gasteiger partial charge in [0, 0.05) is 11.7 Å². The first-order valence-corrected chi connectivity index (χ1v) is 10.6. The summed E-state index contributed by atoms with van der Waals surface area (Å²) in [6, 6.07) is 5.79. The molecule has 0 aliphatic rings. The average molecular weight is 404 g/mol. The molecule has 2 N–H and O–H groups in total. The van der Waals surface area contributed by atoms with Gasteiger partial charge < -0.3 is 10.4 Å². The molecule has 28 heavy (non-hydrogen) atoms. The summed E-state index contributed by atoms with van der Waals surface area (Å²) in [5, 5.41) is 13.5. The number of para-hydroxylation sites is 1. The summed E-state index contributed by atoms with van der Waals surface area (Å²) in [4.78, 5) is 29.5. The number of anilines is 1. The third-order valence-corrected chi connectivity index (χ3v) is 5.69. The van der Waals surface area contributed by atoms with Crippen LogP contribution in [0.3, 0.4) is 0 Å². The van der Waals surface area contributed by atoms with Crippen LogP contribution < -0.4 is 10.9 Å². The Morgan fingerprint density at radius 2 is 1.93 bits per heavy atom. The Morgan fingerprint density at radius 3 is 2.50 bits per heavy atom. The molecule has 2 rings (SSSR count). The highest BCUT2D eigenvalue weighted by molar-refractivity contribution is 7.99. The van der Waals surface area contributed by atoms with E-state index in [2.05, 4.69) is 17.2 Å². The normalized spacial score (nSPS) is 12.0. The van der Waals surface area contributed by atoms with Crippen molar-refractivity contribution in [3.8, 4) is 5.88 Å². The maximum Gasteiger partial charge on any atom is 0.261 e. The predicted octanol–water partition coefficient (Wildman–Crippen LogP) is 4.22. The van der Waals surface area contributed by atoms with Crippen LogP contribution in [0.2, 0.25) is 0 Å². The van der Waals surface area contributed by atoms with E-state index in [0.717, 1.165) is 29.7 Å². The zero-order chi connectivity index (χ0) is 20.8. The van der Waals surface area contributed by atoms with Crippen molar-refractivity contribution in [1.82, 2.24) is 9.55 Å². The molecule has 2 aromatic rings. The van der Waals surface area contributed by atoms with E-state index in [1.165, 1.54) is 11.8 Å². The van der Waals surface area contributed by atoms with Gasteiger partial charge in [-0.2, -0.15) is 4.98 Å². The molecule has 0 radical (unpaired) electrons. The summed E-state index contributed by atoms with van der Waals surface area (Å²) >= 11 is 1.17. The molecule has 0 unspecified atom stereocenters.